The molecule has 0 saturated heterocycles. The molecule has 0 radical (unpaired) electrons. The van der Waals surface area contributed by atoms with Gasteiger partial charge in [0, 0.05) is 11.0 Å². The number of hydrogen-bond donors (Lipinski definition) is 1. The monoisotopic (exact) mass is 275 g/mol. The first-order valence-corrected chi connectivity index (χ1v) is 5.26. The highest BCUT2D eigenvalue weighted by atomic mass is 79.9. The third-order valence-electron chi connectivity index (χ3n) is 1.79. The molecule has 0 aliphatic carbocycles. The first-order chi connectivity index (χ1) is 7.22. The van der Waals surface area contributed by atoms with Crippen LogP contribution in [0.15, 0.2) is 16.6 Å². The fraction of sp³-hybridized carbons (Fsp3) is 0.400. The number of methoxy groups -OCH3 is 2. The zero-order valence-electron chi connectivity index (χ0n) is 8.75. The number of nitrogens with two attached hydrogens (primary N) is 1. The number of benzene rings is 1. The van der Waals surface area contributed by atoms with Gasteiger partial charge in [-0.25, -0.2) is 0 Å². The lowest BCUT2D eigenvalue weighted by Crippen LogP contribution is -2.11. The molecule has 0 unspecified atom stereocenters. The predicted molar refractivity (Wildman–Crippen MR) is 61.8 cm³/mol. The van der Waals surface area contributed by atoms with E-state index < -0.39 is 0 Å². The van der Waals surface area contributed by atoms with Crippen LogP contribution < -0.4 is 19.9 Å². The first-order valence-electron chi connectivity index (χ1n) is 4.47. The van der Waals surface area contributed by atoms with Gasteiger partial charge in [-0.2, -0.15) is 0 Å². The Labute approximate surface area is 97.4 Å². The smallest absolute Gasteiger partial charge is 0.203 e. The summed E-state index contributed by atoms with van der Waals surface area (Å²) in [6.07, 6.45) is 0. The van der Waals surface area contributed by atoms with Crippen molar-refractivity contribution >= 4 is 15.9 Å². The van der Waals surface area contributed by atoms with Crippen LogP contribution in [-0.4, -0.2) is 27.4 Å². The number of halogens is 1. The van der Waals surface area contributed by atoms with Crippen molar-refractivity contribution in [3.8, 4) is 17.2 Å². The molecule has 2 N–H and O–H groups in total. The summed E-state index contributed by atoms with van der Waals surface area (Å²) in [4.78, 5) is 0. The van der Waals surface area contributed by atoms with Crippen LogP contribution in [0.3, 0.4) is 0 Å². The normalized spacial score (nSPS) is 9.87. The predicted octanol–water partition coefficient (Wildman–Crippen LogP) is 1.80. The van der Waals surface area contributed by atoms with Crippen molar-refractivity contribution in [2.75, 3.05) is 27.4 Å². The average molecular weight is 276 g/mol. The Morgan fingerprint density at radius 2 is 1.73 bits per heavy atom. The summed E-state index contributed by atoms with van der Waals surface area (Å²) in [6.45, 7) is 0.872. The van der Waals surface area contributed by atoms with Crippen LogP contribution in [0.4, 0.5) is 0 Å². The molecular weight excluding hydrogens is 262 g/mol. The highest BCUT2D eigenvalue weighted by Gasteiger charge is 2.12. The molecule has 0 aliphatic heterocycles. The van der Waals surface area contributed by atoms with E-state index in [1.807, 2.05) is 12.1 Å². The molecule has 15 heavy (non-hydrogen) atoms. The number of rotatable bonds is 5. The molecule has 84 valence electrons. The van der Waals surface area contributed by atoms with E-state index in [9.17, 15) is 0 Å². The van der Waals surface area contributed by atoms with E-state index in [0.717, 1.165) is 4.47 Å². The maximum Gasteiger partial charge on any atom is 0.203 e. The minimum Gasteiger partial charge on any atom is -0.493 e. The Bertz CT molecular complexity index is 305. The Morgan fingerprint density at radius 3 is 2.13 bits per heavy atom. The van der Waals surface area contributed by atoms with Crippen LogP contribution >= 0.6 is 15.9 Å². The minimum absolute atomic E-state index is 0.425. The Hall–Kier alpha value is -0.940. The molecule has 5 heteroatoms. The highest BCUT2D eigenvalue weighted by Crippen LogP contribution is 2.39. The van der Waals surface area contributed by atoms with E-state index in [0.29, 0.717) is 30.4 Å². The Balaban J connectivity index is 3.06. The first kappa shape index (κ1) is 12.1. The summed E-state index contributed by atoms with van der Waals surface area (Å²) in [5.74, 6) is 1.82. The fourth-order valence-corrected chi connectivity index (χ4v) is 1.57. The van der Waals surface area contributed by atoms with Crippen molar-refractivity contribution in [3.05, 3.63) is 16.6 Å². The van der Waals surface area contributed by atoms with Gasteiger partial charge in [-0.05, 0) is 12.1 Å². The van der Waals surface area contributed by atoms with Crippen molar-refractivity contribution in [1.29, 1.82) is 0 Å². The van der Waals surface area contributed by atoms with Crippen molar-refractivity contribution in [3.63, 3.8) is 0 Å². The summed E-state index contributed by atoms with van der Waals surface area (Å²) in [6, 6.07) is 3.63. The van der Waals surface area contributed by atoms with Gasteiger partial charge in [0.1, 0.15) is 6.61 Å². The SMILES string of the molecule is COc1cc(Br)cc(OC)c1OCCN. The second-order valence-electron chi connectivity index (χ2n) is 2.78. The maximum absolute atomic E-state index is 5.46. The van der Waals surface area contributed by atoms with Crippen LogP contribution in [-0.2, 0) is 0 Å². The standard InChI is InChI=1S/C10H14BrNO3/c1-13-8-5-7(11)6-9(14-2)10(8)15-4-3-12/h5-6H,3-4,12H2,1-2H3. The molecule has 0 aromatic heterocycles. The Morgan fingerprint density at radius 1 is 1.20 bits per heavy atom. The van der Waals surface area contributed by atoms with Gasteiger partial charge in [0.05, 0.1) is 14.2 Å². The second kappa shape index (κ2) is 5.82. The lowest BCUT2D eigenvalue weighted by Gasteiger charge is -2.14. The van der Waals surface area contributed by atoms with E-state index in [1.165, 1.54) is 0 Å². The number of hydrogen-bond acceptors (Lipinski definition) is 4. The summed E-state index contributed by atoms with van der Waals surface area (Å²) in [7, 11) is 3.16. The van der Waals surface area contributed by atoms with Crippen LogP contribution in [0.25, 0.3) is 0 Å². The largest absolute Gasteiger partial charge is 0.493 e. The zero-order valence-corrected chi connectivity index (χ0v) is 10.3. The van der Waals surface area contributed by atoms with Gasteiger partial charge in [-0.3, -0.25) is 0 Å². The van der Waals surface area contributed by atoms with E-state index >= 15 is 0 Å². The van der Waals surface area contributed by atoms with Crippen LogP contribution in [0.1, 0.15) is 0 Å². The van der Waals surface area contributed by atoms with Gasteiger partial charge in [0.25, 0.3) is 0 Å². The van der Waals surface area contributed by atoms with E-state index in [1.54, 1.807) is 14.2 Å². The van der Waals surface area contributed by atoms with Gasteiger partial charge < -0.3 is 19.9 Å². The van der Waals surface area contributed by atoms with Crippen molar-refractivity contribution in [1.82, 2.24) is 0 Å². The third-order valence-corrected chi connectivity index (χ3v) is 2.25. The van der Waals surface area contributed by atoms with Gasteiger partial charge in [-0.15, -0.1) is 0 Å². The molecule has 1 aromatic carbocycles. The van der Waals surface area contributed by atoms with Crippen LogP contribution in [0.5, 0.6) is 17.2 Å². The molecule has 0 aliphatic rings. The van der Waals surface area contributed by atoms with Gasteiger partial charge in [-0.1, -0.05) is 15.9 Å². The maximum atomic E-state index is 5.46. The second-order valence-corrected chi connectivity index (χ2v) is 3.69. The molecule has 1 rings (SSSR count). The molecule has 0 heterocycles. The summed E-state index contributed by atoms with van der Waals surface area (Å²) in [5.41, 5.74) is 5.37. The van der Waals surface area contributed by atoms with Crippen LogP contribution in [0, 0.1) is 0 Å². The molecule has 0 amide bonds. The summed E-state index contributed by atoms with van der Waals surface area (Å²) in [5, 5.41) is 0. The number of ether oxygens (including phenoxy) is 3. The van der Waals surface area contributed by atoms with Gasteiger partial charge in [0.2, 0.25) is 5.75 Å². The Kier molecular flexibility index (Phi) is 4.71. The van der Waals surface area contributed by atoms with Crippen molar-refractivity contribution < 1.29 is 14.2 Å². The molecule has 0 fully saturated rings. The molecule has 0 spiro atoms. The van der Waals surface area contributed by atoms with Crippen molar-refractivity contribution in [2.45, 2.75) is 0 Å². The van der Waals surface area contributed by atoms with E-state index in [4.69, 9.17) is 19.9 Å². The highest BCUT2D eigenvalue weighted by molar-refractivity contribution is 9.10. The third kappa shape index (κ3) is 3.00. The van der Waals surface area contributed by atoms with Gasteiger partial charge in [0.15, 0.2) is 11.5 Å². The van der Waals surface area contributed by atoms with Gasteiger partial charge >= 0.3 is 0 Å². The summed E-state index contributed by atoms with van der Waals surface area (Å²) >= 11 is 3.36. The molecule has 4 nitrogen and oxygen atoms in total. The van der Waals surface area contributed by atoms with E-state index in [-0.39, 0.29) is 0 Å². The lowest BCUT2D eigenvalue weighted by atomic mass is 10.3. The average Bonchev–Trinajstić information content (AvgIpc) is 2.26. The topological polar surface area (TPSA) is 53.7 Å². The van der Waals surface area contributed by atoms with Crippen LogP contribution in [0.2, 0.25) is 0 Å². The molecule has 0 atom stereocenters. The minimum atomic E-state index is 0.425. The zero-order chi connectivity index (χ0) is 11.3. The molecule has 0 bridgehead atoms. The molecule has 0 saturated carbocycles. The van der Waals surface area contributed by atoms with E-state index in [2.05, 4.69) is 15.9 Å². The lowest BCUT2D eigenvalue weighted by molar-refractivity contribution is 0.281. The summed E-state index contributed by atoms with van der Waals surface area (Å²) < 4.78 is 16.7. The molecule has 1 aromatic rings. The fourth-order valence-electron chi connectivity index (χ4n) is 1.15. The molecular formula is C10H14BrNO3. The quantitative estimate of drug-likeness (QED) is 0.891. The van der Waals surface area contributed by atoms with Crippen molar-refractivity contribution in [2.24, 2.45) is 5.73 Å².